The van der Waals surface area contributed by atoms with E-state index < -0.39 is 5.54 Å². The normalized spacial score (nSPS) is 26.9. The summed E-state index contributed by atoms with van der Waals surface area (Å²) >= 11 is 0. The first-order valence-electron chi connectivity index (χ1n) is 6.92. The molecule has 102 valence electrons. The van der Waals surface area contributed by atoms with E-state index in [1.165, 1.54) is 11.1 Å². The van der Waals surface area contributed by atoms with E-state index in [1.54, 1.807) is 0 Å². The topological polar surface area (TPSA) is 55.6 Å². The van der Waals surface area contributed by atoms with Crippen LogP contribution in [0.25, 0.3) is 0 Å². The standard InChI is InChI=1S/C15H20N2O2/c16-15(7-9-19-11-15)14(18)17-8-3-6-12-4-1-2-5-13(12)10-17/h1-2,4-5H,3,6-11,16H2. The maximum Gasteiger partial charge on any atom is 0.245 e. The highest BCUT2D eigenvalue weighted by atomic mass is 16.5. The first-order chi connectivity index (χ1) is 9.19. The minimum Gasteiger partial charge on any atom is -0.379 e. The fraction of sp³-hybridized carbons (Fsp3) is 0.533. The number of ether oxygens (including phenoxy) is 1. The van der Waals surface area contributed by atoms with Crippen molar-refractivity contribution in [2.24, 2.45) is 5.73 Å². The van der Waals surface area contributed by atoms with E-state index in [1.807, 2.05) is 11.0 Å². The van der Waals surface area contributed by atoms with Crippen molar-refractivity contribution in [2.45, 2.75) is 31.3 Å². The quantitative estimate of drug-likeness (QED) is 0.822. The van der Waals surface area contributed by atoms with Crippen molar-refractivity contribution in [3.63, 3.8) is 0 Å². The fourth-order valence-corrected chi connectivity index (χ4v) is 2.94. The zero-order valence-electron chi connectivity index (χ0n) is 11.1. The molecule has 4 nitrogen and oxygen atoms in total. The van der Waals surface area contributed by atoms with Gasteiger partial charge in [-0.05, 0) is 30.4 Å². The van der Waals surface area contributed by atoms with E-state index in [-0.39, 0.29) is 5.91 Å². The van der Waals surface area contributed by atoms with Gasteiger partial charge in [0.15, 0.2) is 0 Å². The zero-order valence-corrected chi connectivity index (χ0v) is 11.1. The molecule has 2 heterocycles. The Labute approximate surface area is 113 Å². The second-order valence-electron chi connectivity index (χ2n) is 5.56. The lowest BCUT2D eigenvalue weighted by atomic mass is 9.98. The summed E-state index contributed by atoms with van der Waals surface area (Å²) in [7, 11) is 0. The number of fused-ring (bicyclic) bond motifs is 1. The largest absolute Gasteiger partial charge is 0.379 e. The molecule has 1 amide bonds. The highest BCUT2D eigenvalue weighted by Gasteiger charge is 2.41. The highest BCUT2D eigenvalue weighted by molar-refractivity contribution is 5.86. The third kappa shape index (κ3) is 2.38. The molecular weight excluding hydrogens is 240 g/mol. The van der Waals surface area contributed by atoms with E-state index in [2.05, 4.69) is 18.2 Å². The van der Waals surface area contributed by atoms with Crippen LogP contribution in [0, 0.1) is 0 Å². The average Bonchev–Trinajstić information content (AvgIpc) is 2.76. The summed E-state index contributed by atoms with van der Waals surface area (Å²) in [6.45, 7) is 2.40. The van der Waals surface area contributed by atoms with Gasteiger partial charge < -0.3 is 15.4 Å². The van der Waals surface area contributed by atoms with Crippen molar-refractivity contribution in [3.05, 3.63) is 35.4 Å². The summed E-state index contributed by atoms with van der Waals surface area (Å²) in [5.41, 5.74) is 7.98. The Morgan fingerprint density at radius 1 is 1.32 bits per heavy atom. The molecule has 0 saturated carbocycles. The molecular formula is C15H20N2O2. The minimum atomic E-state index is -0.806. The molecule has 0 aliphatic carbocycles. The number of carbonyl (C=O) groups is 1. The number of hydrogen-bond donors (Lipinski definition) is 1. The van der Waals surface area contributed by atoms with Crippen LogP contribution in [0.4, 0.5) is 0 Å². The van der Waals surface area contributed by atoms with Gasteiger partial charge in [-0.25, -0.2) is 0 Å². The van der Waals surface area contributed by atoms with Gasteiger partial charge in [-0.15, -0.1) is 0 Å². The van der Waals surface area contributed by atoms with Crippen molar-refractivity contribution in [2.75, 3.05) is 19.8 Å². The molecule has 1 aromatic carbocycles. The fourth-order valence-electron chi connectivity index (χ4n) is 2.94. The van der Waals surface area contributed by atoms with E-state index in [9.17, 15) is 4.79 Å². The number of benzene rings is 1. The van der Waals surface area contributed by atoms with Gasteiger partial charge in [0.2, 0.25) is 5.91 Å². The molecule has 0 spiro atoms. The predicted octanol–water partition coefficient (Wildman–Crippen LogP) is 1.08. The van der Waals surface area contributed by atoms with E-state index >= 15 is 0 Å². The molecule has 1 aromatic rings. The summed E-state index contributed by atoms with van der Waals surface area (Å²) in [5.74, 6) is 0.0432. The van der Waals surface area contributed by atoms with Gasteiger partial charge in [-0.3, -0.25) is 4.79 Å². The Balaban J connectivity index is 1.81. The SMILES string of the molecule is NC1(C(=O)N2CCCc3ccccc3C2)CCOC1. The van der Waals surface area contributed by atoms with E-state index in [0.29, 0.717) is 26.2 Å². The Kier molecular flexibility index (Phi) is 3.29. The summed E-state index contributed by atoms with van der Waals surface area (Å²) in [6.07, 6.45) is 2.66. The van der Waals surface area contributed by atoms with Gasteiger partial charge in [0.05, 0.1) is 6.61 Å². The minimum absolute atomic E-state index is 0.0432. The molecule has 0 aromatic heterocycles. The lowest BCUT2D eigenvalue weighted by Gasteiger charge is -2.29. The second kappa shape index (κ2) is 4.94. The van der Waals surface area contributed by atoms with Crippen LogP contribution in [-0.4, -0.2) is 36.1 Å². The Morgan fingerprint density at radius 3 is 2.84 bits per heavy atom. The van der Waals surface area contributed by atoms with Crippen molar-refractivity contribution < 1.29 is 9.53 Å². The smallest absolute Gasteiger partial charge is 0.245 e. The van der Waals surface area contributed by atoms with Crippen LogP contribution in [0.2, 0.25) is 0 Å². The number of amides is 1. The van der Waals surface area contributed by atoms with Gasteiger partial charge in [0.1, 0.15) is 5.54 Å². The maximum atomic E-state index is 12.6. The summed E-state index contributed by atoms with van der Waals surface area (Å²) in [6, 6.07) is 8.35. The number of carbonyl (C=O) groups excluding carboxylic acids is 1. The Morgan fingerprint density at radius 2 is 2.11 bits per heavy atom. The Hall–Kier alpha value is -1.39. The van der Waals surface area contributed by atoms with E-state index in [4.69, 9.17) is 10.5 Å². The predicted molar refractivity (Wildman–Crippen MR) is 72.5 cm³/mol. The van der Waals surface area contributed by atoms with Crippen molar-refractivity contribution >= 4 is 5.91 Å². The molecule has 2 N–H and O–H groups in total. The molecule has 0 bridgehead atoms. The molecule has 3 rings (SSSR count). The van der Waals surface area contributed by atoms with Crippen LogP contribution in [0.1, 0.15) is 24.0 Å². The van der Waals surface area contributed by atoms with Gasteiger partial charge >= 0.3 is 0 Å². The highest BCUT2D eigenvalue weighted by Crippen LogP contribution is 2.23. The summed E-state index contributed by atoms with van der Waals surface area (Å²) < 4.78 is 5.30. The van der Waals surface area contributed by atoms with Crippen LogP contribution < -0.4 is 5.73 Å². The number of hydrogen-bond acceptors (Lipinski definition) is 3. The number of nitrogens with zero attached hydrogens (tertiary/aromatic N) is 1. The van der Waals surface area contributed by atoms with Crippen molar-refractivity contribution in [3.8, 4) is 0 Å². The van der Waals surface area contributed by atoms with Crippen LogP contribution in [-0.2, 0) is 22.5 Å². The number of aryl methyl sites for hydroxylation is 1. The molecule has 1 saturated heterocycles. The van der Waals surface area contributed by atoms with Crippen LogP contribution >= 0.6 is 0 Å². The third-order valence-corrected chi connectivity index (χ3v) is 4.12. The van der Waals surface area contributed by atoms with Crippen LogP contribution in [0.3, 0.4) is 0 Å². The zero-order chi connectivity index (χ0) is 13.3. The molecule has 19 heavy (non-hydrogen) atoms. The molecule has 1 atom stereocenters. The van der Waals surface area contributed by atoms with Crippen molar-refractivity contribution in [1.29, 1.82) is 0 Å². The second-order valence-corrected chi connectivity index (χ2v) is 5.56. The van der Waals surface area contributed by atoms with Gasteiger partial charge in [0.25, 0.3) is 0 Å². The molecule has 4 heteroatoms. The summed E-state index contributed by atoms with van der Waals surface area (Å²) in [4.78, 5) is 14.5. The lowest BCUT2D eigenvalue weighted by Crippen LogP contribution is -2.55. The molecule has 1 fully saturated rings. The maximum absolute atomic E-state index is 12.6. The van der Waals surface area contributed by atoms with Crippen LogP contribution in [0.5, 0.6) is 0 Å². The molecule has 0 radical (unpaired) electrons. The van der Waals surface area contributed by atoms with Gasteiger partial charge in [-0.1, -0.05) is 24.3 Å². The van der Waals surface area contributed by atoms with E-state index in [0.717, 1.165) is 19.4 Å². The van der Waals surface area contributed by atoms with Crippen molar-refractivity contribution in [1.82, 2.24) is 4.90 Å². The monoisotopic (exact) mass is 260 g/mol. The molecule has 2 aliphatic heterocycles. The first kappa shape index (κ1) is 12.6. The lowest BCUT2D eigenvalue weighted by molar-refractivity contribution is -0.137. The molecule has 1 unspecified atom stereocenters. The third-order valence-electron chi connectivity index (χ3n) is 4.12. The van der Waals surface area contributed by atoms with Gasteiger partial charge in [-0.2, -0.15) is 0 Å². The van der Waals surface area contributed by atoms with Gasteiger partial charge in [0, 0.05) is 19.7 Å². The van der Waals surface area contributed by atoms with Crippen LogP contribution in [0.15, 0.2) is 24.3 Å². The Bertz CT molecular complexity index is 481. The number of nitrogens with two attached hydrogens (primary N) is 1. The number of rotatable bonds is 1. The summed E-state index contributed by atoms with van der Waals surface area (Å²) in [5, 5.41) is 0. The first-order valence-corrected chi connectivity index (χ1v) is 6.92. The average molecular weight is 260 g/mol. The molecule has 2 aliphatic rings.